The highest BCUT2D eigenvalue weighted by Crippen LogP contribution is 2.33. The maximum Gasteiger partial charge on any atom is 0.103 e. The van der Waals surface area contributed by atoms with Gasteiger partial charge < -0.3 is 5.73 Å². The van der Waals surface area contributed by atoms with Crippen LogP contribution in [0.1, 0.15) is 25.7 Å². The highest BCUT2D eigenvalue weighted by atomic mass is 35.5. The van der Waals surface area contributed by atoms with Gasteiger partial charge in [0, 0.05) is 5.92 Å². The van der Waals surface area contributed by atoms with E-state index in [-0.39, 0.29) is 0 Å². The molecular weight excluding hydrogens is 243 g/mol. The van der Waals surface area contributed by atoms with Gasteiger partial charge in [-0.05, 0) is 25.0 Å². The van der Waals surface area contributed by atoms with Gasteiger partial charge in [-0.3, -0.25) is 0 Å². The van der Waals surface area contributed by atoms with Crippen LogP contribution in [0.25, 0.3) is 0 Å². The van der Waals surface area contributed by atoms with Crippen LogP contribution in [-0.4, -0.2) is 5.84 Å². The molecule has 0 heterocycles. The molecule has 2 rings (SSSR count). The van der Waals surface area contributed by atoms with Crippen molar-refractivity contribution in [3.63, 3.8) is 0 Å². The van der Waals surface area contributed by atoms with Crippen molar-refractivity contribution in [2.45, 2.75) is 25.7 Å². The third-order valence-corrected chi connectivity index (χ3v) is 3.76. The van der Waals surface area contributed by atoms with E-state index >= 15 is 0 Å². The molecule has 4 heteroatoms. The normalized spacial score (nSPS) is 18.0. The molecule has 0 aromatic heterocycles. The molecule has 1 fully saturated rings. The quantitative estimate of drug-likeness (QED) is 0.626. The predicted octanol–water partition coefficient (Wildman–Crippen LogP) is 4.17. The van der Waals surface area contributed by atoms with Crippen molar-refractivity contribution in [2.75, 3.05) is 0 Å². The van der Waals surface area contributed by atoms with Crippen molar-refractivity contribution < 1.29 is 0 Å². The first-order chi connectivity index (χ1) is 7.68. The second-order valence-corrected chi connectivity index (χ2v) is 4.88. The summed E-state index contributed by atoms with van der Waals surface area (Å²) in [5.74, 6) is 1.09. The summed E-state index contributed by atoms with van der Waals surface area (Å²) in [7, 11) is 0. The van der Waals surface area contributed by atoms with E-state index < -0.39 is 0 Å². The number of rotatable bonds is 2. The third-order valence-electron chi connectivity index (χ3n) is 2.95. The van der Waals surface area contributed by atoms with Crippen molar-refractivity contribution in [3.8, 4) is 0 Å². The summed E-state index contributed by atoms with van der Waals surface area (Å²) in [6, 6.07) is 5.40. The Labute approximate surface area is 105 Å². The molecule has 0 unspecified atom stereocenters. The van der Waals surface area contributed by atoms with E-state index in [1.54, 1.807) is 6.07 Å². The van der Waals surface area contributed by atoms with Gasteiger partial charge in [0.1, 0.15) is 5.84 Å². The summed E-state index contributed by atoms with van der Waals surface area (Å²) < 4.78 is 0. The van der Waals surface area contributed by atoms with Crippen molar-refractivity contribution in [3.05, 3.63) is 28.2 Å². The Balaban J connectivity index is 2.24. The lowest BCUT2D eigenvalue weighted by molar-refractivity contribution is 0.722. The zero-order valence-electron chi connectivity index (χ0n) is 8.92. The van der Waals surface area contributed by atoms with Crippen LogP contribution in [0.2, 0.25) is 10.0 Å². The minimum atomic E-state index is 0.412. The van der Waals surface area contributed by atoms with Gasteiger partial charge in [-0.25, -0.2) is 4.99 Å². The molecule has 1 aliphatic carbocycles. The summed E-state index contributed by atoms with van der Waals surface area (Å²) in [6.07, 6.45) is 4.75. The lowest BCUT2D eigenvalue weighted by atomic mass is 10.1. The number of aliphatic imine (C=N–C) groups is 1. The minimum absolute atomic E-state index is 0.412. The lowest BCUT2D eigenvalue weighted by Crippen LogP contribution is -2.20. The van der Waals surface area contributed by atoms with E-state index in [0.29, 0.717) is 27.5 Å². The van der Waals surface area contributed by atoms with E-state index in [2.05, 4.69) is 4.99 Å². The van der Waals surface area contributed by atoms with Gasteiger partial charge in [0.05, 0.1) is 15.7 Å². The Morgan fingerprint density at radius 2 is 1.94 bits per heavy atom. The van der Waals surface area contributed by atoms with Crippen LogP contribution >= 0.6 is 23.2 Å². The van der Waals surface area contributed by atoms with Crippen molar-refractivity contribution in [2.24, 2.45) is 16.6 Å². The number of benzene rings is 1. The Morgan fingerprint density at radius 1 is 1.25 bits per heavy atom. The molecule has 0 radical (unpaired) electrons. The van der Waals surface area contributed by atoms with Crippen LogP contribution in [-0.2, 0) is 0 Å². The largest absolute Gasteiger partial charge is 0.387 e. The summed E-state index contributed by atoms with van der Waals surface area (Å²) in [4.78, 5) is 4.38. The zero-order chi connectivity index (χ0) is 11.5. The van der Waals surface area contributed by atoms with Crippen molar-refractivity contribution in [1.29, 1.82) is 0 Å². The molecule has 0 saturated heterocycles. The highest BCUT2D eigenvalue weighted by Gasteiger charge is 2.18. The molecule has 0 spiro atoms. The number of amidine groups is 1. The number of hydrogen-bond donors (Lipinski definition) is 1. The second kappa shape index (κ2) is 5.07. The van der Waals surface area contributed by atoms with Crippen LogP contribution in [0, 0.1) is 5.92 Å². The van der Waals surface area contributed by atoms with E-state index in [0.717, 1.165) is 12.8 Å². The average Bonchev–Trinajstić information content (AvgIpc) is 2.78. The van der Waals surface area contributed by atoms with E-state index in [1.165, 1.54) is 12.8 Å². The van der Waals surface area contributed by atoms with Crippen LogP contribution in [0.4, 0.5) is 5.69 Å². The molecule has 0 aliphatic heterocycles. The molecule has 1 aliphatic rings. The molecule has 2 N–H and O–H groups in total. The number of nitrogens with zero attached hydrogens (tertiary/aromatic N) is 1. The van der Waals surface area contributed by atoms with E-state index in [1.807, 2.05) is 12.1 Å². The summed E-state index contributed by atoms with van der Waals surface area (Å²) in [5, 5.41) is 0.993. The fourth-order valence-electron chi connectivity index (χ4n) is 2.03. The van der Waals surface area contributed by atoms with Crippen LogP contribution < -0.4 is 5.73 Å². The SMILES string of the molecule is NC(=Nc1cccc(Cl)c1Cl)C1CCCC1. The van der Waals surface area contributed by atoms with Crippen molar-refractivity contribution in [1.82, 2.24) is 0 Å². The van der Waals surface area contributed by atoms with Gasteiger partial charge in [0.25, 0.3) is 0 Å². The number of nitrogens with two attached hydrogens (primary N) is 1. The molecule has 0 atom stereocenters. The van der Waals surface area contributed by atoms with Gasteiger partial charge in [-0.15, -0.1) is 0 Å². The predicted molar refractivity (Wildman–Crippen MR) is 69.7 cm³/mol. The molecule has 0 amide bonds. The van der Waals surface area contributed by atoms with E-state index in [4.69, 9.17) is 28.9 Å². The molecule has 0 bridgehead atoms. The summed E-state index contributed by atoms with van der Waals surface area (Å²) >= 11 is 12.0. The third kappa shape index (κ3) is 2.50. The van der Waals surface area contributed by atoms with Crippen molar-refractivity contribution >= 4 is 34.7 Å². The fourth-order valence-corrected chi connectivity index (χ4v) is 2.37. The molecule has 86 valence electrons. The second-order valence-electron chi connectivity index (χ2n) is 4.09. The van der Waals surface area contributed by atoms with Gasteiger partial charge in [-0.2, -0.15) is 0 Å². The Kier molecular flexibility index (Phi) is 3.72. The van der Waals surface area contributed by atoms with E-state index in [9.17, 15) is 0 Å². The first-order valence-electron chi connectivity index (χ1n) is 5.46. The van der Waals surface area contributed by atoms with Crippen LogP contribution in [0.3, 0.4) is 0 Å². The number of halogens is 2. The zero-order valence-corrected chi connectivity index (χ0v) is 10.4. The monoisotopic (exact) mass is 256 g/mol. The first kappa shape index (κ1) is 11.7. The number of hydrogen-bond acceptors (Lipinski definition) is 1. The smallest absolute Gasteiger partial charge is 0.103 e. The Hall–Kier alpha value is -0.730. The van der Waals surface area contributed by atoms with Gasteiger partial charge in [0.15, 0.2) is 0 Å². The maximum atomic E-state index is 6.05. The Morgan fingerprint density at radius 3 is 2.62 bits per heavy atom. The molecule has 2 nitrogen and oxygen atoms in total. The fraction of sp³-hybridized carbons (Fsp3) is 0.417. The van der Waals surface area contributed by atoms with Crippen LogP contribution in [0.5, 0.6) is 0 Å². The standard InChI is InChI=1S/C12H14Cl2N2/c13-9-6-3-7-10(11(9)14)16-12(15)8-4-1-2-5-8/h3,6-8H,1-2,4-5H2,(H2,15,16). The Bertz CT molecular complexity index is 409. The maximum absolute atomic E-state index is 6.05. The van der Waals surface area contributed by atoms with Gasteiger partial charge >= 0.3 is 0 Å². The van der Waals surface area contributed by atoms with Gasteiger partial charge in [0.2, 0.25) is 0 Å². The van der Waals surface area contributed by atoms with Crippen LogP contribution in [0.15, 0.2) is 23.2 Å². The van der Waals surface area contributed by atoms with Gasteiger partial charge in [-0.1, -0.05) is 42.1 Å². The molecule has 1 aromatic rings. The molecular formula is C12H14Cl2N2. The average molecular weight is 257 g/mol. The minimum Gasteiger partial charge on any atom is -0.387 e. The highest BCUT2D eigenvalue weighted by molar-refractivity contribution is 6.43. The summed E-state index contributed by atoms with van der Waals surface area (Å²) in [5.41, 5.74) is 6.64. The lowest BCUT2D eigenvalue weighted by Gasteiger charge is -2.08. The molecule has 16 heavy (non-hydrogen) atoms. The molecule has 1 saturated carbocycles. The molecule has 1 aromatic carbocycles. The summed E-state index contributed by atoms with van der Waals surface area (Å²) in [6.45, 7) is 0. The topological polar surface area (TPSA) is 38.4 Å². The first-order valence-corrected chi connectivity index (χ1v) is 6.22.